The predicted molar refractivity (Wildman–Crippen MR) is 88.4 cm³/mol. The average molecular weight is 317 g/mol. The van der Waals surface area contributed by atoms with Gasteiger partial charge in [-0.2, -0.15) is 5.10 Å². The van der Waals surface area contributed by atoms with Crippen molar-refractivity contribution in [3.63, 3.8) is 0 Å². The molecule has 0 aliphatic carbocycles. The van der Waals surface area contributed by atoms with Gasteiger partial charge in [-0.25, -0.2) is 0 Å². The lowest BCUT2D eigenvalue weighted by Crippen LogP contribution is -2.41. The number of amides is 1. The highest BCUT2D eigenvalue weighted by atomic mass is 16.5. The zero-order valence-corrected chi connectivity index (χ0v) is 13.7. The van der Waals surface area contributed by atoms with E-state index in [9.17, 15) is 9.90 Å². The lowest BCUT2D eigenvalue weighted by atomic mass is 9.99. The van der Waals surface area contributed by atoms with Gasteiger partial charge in [0.05, 0.1) is 37.2 Å². The molecule has 0 radical (unpaired) electrons. The number of aromatic amines is 1. The van der Waals surface area contributed by atoms with Crippen molar-refractivity contribution in [3.8, 4) is 17.0 Å². The van der Waals surface area contributed by atoms with Crippen molar-refractivity contribution in [2.45, 2.75) is 26.3 Å². The molecule has 2 unspecified atom stereocenters. The average Bonchev–Trinajstić information content (AvgIpc) is 3.08. The van der Waals surface area contributed by atoms with Crippen LogP contribution in [0.15, 0.2) is 30.5 Å². The van der Waals surface area contributed by atoms with Crippen LogP contribution in [0.3, 0.4) is 0 Å². The van der Waals surface area contributed by atoms with Crippen molar-refractivity contribution in [1.82, 2.24) is 15.5 Å². The second kappa shape index (κ2) is 7.78. The minimum Gasteiger partial charge on any atom is -0.497 e. The summed E-state index contributed by atoms with van der Waals surface area (Å²) in [7, 11) is 1.61. The molecule has 0 saturated carbocycles. The Morgan fingerprint density at radius 2 is 2.09 bits per heavy atom. The number of hydrogen-bond donors (Lipinski definition) is 3. The number of carbonyl (C=O) groups is 1. The van der Waals surface area contributed by atoms with Crippen LogP contribution in [0.2, 0.25) is 0 Å². The van der Waals surface area contributed by atoms with Crippen molar-refractivity contribution in [1.29, 1.82) is 0 Å². The van der Waals surface area contributed by atoms with Crippen LogP contribution in [0.4, 0.5) is 0 Å². The Balaban J connectivity index is 2.20. The second-order valence-electron chi connectivity index (χ2n) is 5.54. The summed E-state index contributed by atoms with van der Waals surface area (Å²) in [5.41, 5.74) is 1.94. The van der Waals surface area contributed by atoms with Crippen molar-refractivity contribution in [2.75, 3.05) is 13.7 Å². The lowest BCUT2D eigenvalue weighted by Gasteiger charge is -2.22. The number of aromatic nitrogens is 2. The molecule has 1 amide bonds. The molecule has 1 heterocycles. The number of rotatable bonds is 7. The molecule has 1 aromatic carbocycles. The minimum absolute atomic E-state index is 0.0868. The van der Waals surface area contributed by atoms with Crippen LogP contribution in [-0.2, 0) is 0 Å². The first-order valence-corrected chi connectivity index (χ1v) is 7.70. The Morgan fingerprint density at radius 1 is 1.39 bits per heavy atom. The summed E-state index contributed by atoms with van der Waals surface area (Å²) in [4.78, 5) is 12.5. The topological polar surface area (TPSA) is 87.2 Å². The third kappa shape index (κ3) is 3.90. The van der Waals surface area contributed by atoms with Gasteiger partial charge in [-0.05, 0) is 30.2 Å². The van der Waals surface area contributed by atoms with Gasteiger partial charge in [0.2, 0.25) is 0 Å². The molecule has 2 rings (SSSR count). The number of methoxy groups -OCH3 is 1. The largest absolute Gasteiger partial charge is 0.497 e. The van der Waals surface area contributed by atoms with Gasteiger partial charge in [0, 0.05) is 5.56 Å². The fourth-order valence-electron chi connectivity index (χ4n) is 2.33. The second-order valence-corrected chi connectivity index (χ2v) is 5.54. The number of aliphatic hydroxyl groups excluding tert-OH is 1. The SMILES string of the molecule is CCC(C)C(CO)NC(=O)c1cn[nH]c1-c1ccc(OC)cc1. The first-order chi connectivity index (χ1) is 11.1. The van der Waals surface area contributed by atoms with Gasteiger partial charge in [-0.3, -0.25) is 9.89 Å². The molecule has 3 N–H and O–H groups in total. The minimum atomic E-state index is -0.272. The molecule has 0 aliphatic rings. The Bertz CT molecular complexity index is 637. The number of benzene rings is 1. The van der Waals surface area contributed by atoms with Crippen LogP contribution < -0.4 is 10.1 Å². The highest BCUT2D eigenvalue weighted by Gasteiger charge is 2.21. The van der Waals surface area contributed by atoms with Crippen molar-refractivity contribution in [3.05, 3.63) is 36.0 Å². The van der Waals surface area contributed by atoms with Crippen LogP contribution in [0, 0.1) is 5.92 Å². The van der Waals surface area contributed by atoms with Gasteiger partial charge in [0.25, 0.3) is 5.91 Å². The Morgan fingerprint density at radius 3 is 2.65 bits per heavy atom. The molecule has 0 fully saturated rings. The molecule has 0 saturated heterocycles. The van der Waals surface area contributed by atoms with E-state index >= 15 is 0 Å². The highest BCUT2D eigenvalue weighted by Crippen LogP contribution is 2.24. The van der Waals surface area contributed by atoms with Gasteiger partial charge >= 0.3 is 0 Å². The normalized spacial score (nSPS) is 13.4. The van der Waals surface area contributed by atoms with E-state index in [-0.39, 0.29) is 24.5 Å². The molecule has 23 heavy (non-hydrogen) atoms. The van der Waals surface area contributed by atoms with E-state index in [1.165, 1.54) is 6.20 Å². The predicted octanol–water partition coefficient (Wildman–Crippen LogP) is 2.22. The van der Waals surface area contributed by atoms with E-state index in [1.807, 2.05) is 38.1 Å². The maximum Gasteiger partial charge on any atom is 0.255 e. The first kappa shape index (κ1) is 17.0. The number of H-pyrrole nitrogens is 1. The molecule has 0 spiro atoms. The quantitative estimate of drug-likeness (QED) is 0.731. The summed E-state index contributed by atoms with van der Waals surface area (Å²) in [6.45, 7) is 3.94. The number of aliphatic hydroxyl groups is 1. The molecule has 0 bridgehead atoms. The van der Waals surface area contributed by atoms with Crippen molar-refractivity contribution in [2.24, 2.45) is 5.92 Å². The number of nitrogens with zero attached hydrogens (tertiary/aromatic N) is 1. The monoisotopic (exact) mass is 317 g/mol. The van der Waals surface area contributed by atoms with E-state index in [1.54, 1.807) is 7.11 Å². The van der Waals surface area contributed by atoms with Crippen LogP contribution >= 0.6 is 0 Å². The van der Waals surface area contributed by atoms with Gasteiger partial charge in [-0.1, -0.05) is 20.3 Å². The summed E-state index contributed by atoms with van der Waals surface area (Å²) in [6.07, 6.45) is 2.38. The van der Waals surface area contributed by atoms with Gasteiger partial charge in [0.15, 0.2) is 0 Å². The summed E-state index contributed by atoms with van der Waals surface area (Å²) in [5.74, 6) is 0.695. The molecule has 1 aromatic heterocycles. The molecule has 2 atom stereocenters. The Kier molecular flexibility index (Phi) is 5.76. The summed E-state index contributed by atoms with van der Waals surface area (Å²) >= 11 is 0. The fourth-order valence-corrected chi connectivity index (χ4v) is 2.33. The molecule has 6 heteroatoms. The number of carbonyl (C=O) groups excluding carboxylic acids is 1. The third-order valence-electron chi connectivity index (χ3n) is 4.11. The van der Waals surface area contributed by atoms with Crippen molar-refractivity contribution < 1.29 is 14.6 Å². The van der Waals surface area contributed by atoms with Crippen LogP contribution in [0.1, 0.15) is 30.6 Å². The van der Waals surface area contributed by atoms with Gasteiger partial charge in [0.1, 0.15) is 5.75 Å². The molecule has 2 aromatic rings. The Labute approximate surface area is 135 Å². The first-order valence-electron chi connectivity index (χ1n) is 7.70. The summed E-state index contributed by atoms with van der Waals surface area (Å²) < 4.78 is 5.14. The number of ether oxygens (including phenoxy) is 1. The van der Waals surface area contributed by atoms with Crippen LogP contribution in [-0.4, -0.2) is 41.0 Å². The van der Waals surface area contributed by atoms with E-state index in [0.717, 1.165) is 17.7 Å². The fraction of sp³-hybridized carbons (Fsp3) is 0.412. The molecule has 0 aliphatic heterocycles. The number of nitrogens with one attached hydrogen (secondary N) is 2. The van der Waals surface area contributed by atoms with Gasteiger partial charge < -0.3 is 15.2 Å². The molecule has 6 nitrogen and oxygen atoms in total. The maximum absolute atomic E-state index is 12.5. The molecular formula is C17H23N3O3. The Hall–Kier alpha value is -2.34. The lowest BCUT2D eigenvalue weighted by molar-refractivity contribution is 0.0892. The molecule has 124 valence electrons. The zero-order valence-electron chi connectivity index (χ0n) is 13.7. The van der Waals surface area contributed by atoms with Crippen LogP contribution in [0.5, 0.6) is 5.75 Å². The standard InChI is InChI=1S/C17H23N3O3/c1-4-11(2)15(10-21)19-17(22)14-9-18-20-16(14)12-5-7-13(23-3)8-6-12/h5-9,11,15,21H,4,10H2,1-3H3,(H,18,20)(H,19,22). The van der Waals surface area contributed by atoms with E-state index in [4.69, 9.17) is 4.74 Å². The third-order valence-corrected chi connectivity index (χ3v) is 4.11. The van der Waals surface area contributed by atoms with E-state index in [2.05, 4.69) is 15.5 Å². The van der Waals surface area contributed by atoms with Crippen molar-refractivity contribution >= 4 is 5.91 Å². The number of hydrogen-bond acceptors (Lipinski definition) is 4. The molecular weight excluding hydrogens is 294 g/mol. The maximum atomic E-state index is 12.5. The summed E-state index contributed by atoms with van der Waals surface area (Å²) in [6, 6.07) is 7.11. The van der Waals surface area contributed by atoms with Crippen LogP contribution in [0.25, 0.3) is 11.3 Å². The summed E-state index contributed by atoms with van der Waals surface area (Å²) in [5, 5.41) is 19.2. The highest BCUT2D eigenvalue weighted by molar-refractivity contribution is 5.99. The van der Waals surface area contributed by atoms with E-state index < -0.39 is 0 Å². The smallest absolute Gasteiger partial charge is 0.255 e. The van der Waals surface area contributed by atoms with Gasteiger partial charge in [-0.15, -0.1) is 0 Å². The zero-order chi connectivity index (χ0) is 16.8. The van der Waals surface area contributed by atoms with E-state index in [0.29, 0.717) is 11.3 Å².